The van der Waals surface area contributed by atoms with Gasteiger partial charge < -0.3 is 15.1 Å². The van der Waals surface area contributed by atoms with E-state index in [1.165, 1.54) is 5.56 Å². The number of nitrogens with one attached hydrogen (secondary N) is 1. The molecule has 0 saturated carbocycles. The Morgan fingerprint density at radius 2 is 2.14 bits per heavy atom. The molecule has 1 amide bonds. The van der Waals surface area contributed by atoms with Crippen LogP contribution in [0.3, 0.4) is 0 Å². The minimum Gasteiger partial charge on any atom is -0.356 e. The normalized spacial score (nSPS) is 16.6. The van der Waals surface area contributed by atoms with Crippen LogP contribution in [0.2, 0.25) is 0 Å². The molecule has 8 nitrogen and oxygen atoms in total. The van der Waals surface area contributed by atoms with E-state index in [9.17, 15) is 4.79 Å². The molecule has 28 heavy (non-hydrogen) atoms. The van der Waals surface area contributed by atoms with Gasteiger partial charge in [-0.05, 0) is 17.5 Å². The number of pyridine rings is 1. The number of aromatic nitrogens is 3. The lowest BCUT2D eigenvalue weighted by molar-refractivity contribution is -0.120. The number of aryl methyl sites for hydroxylation is 1. The van der Waals surface area contributed by atoms with Crippen LogP contribution < -0.4 is 10.2 Å². The number of nitrogens with zero attached hydrogens (tertiary/aromatic N) is 6. The van der Waals surface area contributed by atoms with Crippen LogP contribution in [0.15, 0.2) is 41.9 Å². The molecule has 8 heteroatoms. The Balaban J connectivity index is 1.62. The molecule has 0 spiro atoms. The summed E-state index contributed by atoms with van der Waals surface area (Å²) in [5.74, 6) is 1.58. The second-order valence-electron chi connectivity index (χ2n) is 7.40. The topological polar surface area (TPSA) is 78.7 Å². The lowest BCUT2D eigenvalue weighted by Gasteiger charge is -2.36. The van der Waals surface area contributed by atoms with Gasteiger partial charge in [-0.1, -0.05) is 19.9 Å². The third kappa shape index (κ3) is 4.49. The molecule has 1 aliphatic rings. The van der Waals surface area contributed by atoms with Crippen LogP contribution in [0.5, 0.6) is 0 Å². The number of carbonyl (C=O) groups is 1. The summed E-state index contributed by atoms with van der Waals surface area (Å²) in [7, 11) is 3.61. The lowest BCUT2D eigenvalue weighted by Crippen LogP contribution is -2.55. The molecule has 0 aliphatic carbocycles. The summed E-state index contributed by atoms with van der Waals surface area (Å²) >= 11 is 0. The number of aliphatic imine (C=N–C) groups is 1. The Bertz CT molecular complexity index is 815. The van der Waals surface area contributed by atoms with Gasteiger partial charge in [-0.25, -0.2) is 0 Å². The van der Waals surface area contributed by atoms with Crippen molar-refractivity contribution < 1.29 is 4.79 Å². The fourth-order valence-corrected chi connectivity index (χ4v) is 3.54. The van der Waals surface area contributed by atoms with Crippen LogP contribution in [0.4, 0.5) is 5.69 Å². The van der Waals surface area contributed by atoms with E-state index in [0.29, 0.717) is 24.9 Å². The summed E-state index contributed by atoms with van der Waals surface area (Å²) in [5, 5.41) is 7.62. The van der Waals surface area contributed by atoms with Crippen molar-refractivity contribution in [2.75, 3.05) is 38.1 Å². The van der Waals surface area contributed by atoms with Crippen molar-refractivity contribution in [2.45, 2.75) is 19.8 Å². The van der Waals surface area contributed by atoms with E-state index in [4.69, 9.17) is 0 Å². The van der Waals surface area contributed by atoms with Crippen LogP contribution in [0.1, 0.15) is 25.3 Å². The predicted molar refractivity (Wildman–Crippen MR) is 110 cm³/mol. The second kappa shape index (κ2) is 8.86. The van der Waals surface area contributed by atoms with Gasteiger partial charge in [0.1, 0.15) is 6.54 Å². The van der Waals surface area contributed by atoms with Crippen LogP contribution in [0, 0.1) is 5.92 Å². The first-order valence-corrected chi connectivity index (χ1v) is 9.64. The number of amides is 1. The molecule has 1 saturated heterocycles. The van der Waals surface area contributed by atoms with Gasteiger partial charge in [-0.3, -0.25) is 19.5 Å². The quantitative estimate of drug-likeness (QED) is 0.625. The van der Waals surface area contributed by atoms with Crippen LogP contribution in [-0.2, 0) is 11.8 Å². The summed E-state index contributed by atoms with van der Waals surface area (Å²) in [4.78, 5) is 25.1. The average Bonchev–Trinajstić information content (AvgIpc) is 3.11. The third-order valence-corrected chi connectivity index (χ3v) is 5.13. The van der Waals surface area contributed by atoms with Crippen molar-refractivity contribution in [3.8, 4) is 0 Å². The fraction of sp³-hybridized carbons (Fsp3) is 0.500. The van der Waals surface area contributed by atoms with E-state index in [1.54, 1.807) is 29.0 Å². The smallest absolute Gasteiger partial charge is 0.246 e. The molecule has 3 heterocycles. The SMILES string of the molecule is CN=C(NCC(c1cccnc1)C(C)C)N1CCN(c2cnn(C)c2)C(=O)C1. The molecule has 0 bridgehead atoms. The van der Waals surface area contributed by atoms with E-state index >= 15 is 0 Å². The molecule has 1 atom stereocenters. The fourth-order valence-electron chi connectivity index (χ4n) is 3.54. The highest BCUT2D eigenvalue weighted by atomic mass is 16.2. The first kappa shape index (κ1) is 19.9. The number of anilines is 1. The summed E-state index contributed by atoms with van der Waals surface area (Å²) in [6, 6.07) is 4.08. The highest BCUT2D eigenvalue weighted by molar-refractivity contribution is 5.98. The standard InChI is InChI=1S/C20H29N7O/c1-15(2)18(16-6-5-7-22-10-16)12-23-20(21-3)26-8-9-27(19(28)14-26)17-11-24-25(4)13-17/h5-7,10-11,13,15,18H,8-9,12,14H2,1-4H3,(H,21,23). The molecule has 2 aromatic heterocycles. The number of guanidine groups is 1. The highest BCUT2D eigenvalue weighted by Gasteiger charge is 2.28. The number of rotatable bonds is 5. The molecule has 0 radical (unpaired) electrons. The summed E-state index contributed by atoms with van der Waals surface area (Å²) in [6.07, 6.45) is 7.30. The van der Waals surface area contributed by atoms with E-state index in [1.807, 2.05) is 30.4 Å². The van der Waals surface area contributed by atoms with Gasteiger partial charge in [0.15, 0.2) is 5.96 Å². The Morgan fingerprint density at radius 1 is 1.32 bits per heavy atom. The van der Waals surface area contributed by atoms with Gasteiger partial charge in [0, 0.05) is 58.2 Å². The maximum atomic E-state index is 12.7. The maximum absolute atomic E-state index is 12.7. The van der Waals surface area contributed by atoms with Gasteiger partial charge in [0.05, 0.1) is 11.9 Å². The van der Waals surface area contributed by atoms with Crippen molar-refractivity contribution in [1.29, 1.82) is 0 Å². The summed E-state index contributed by atoms with van der Waals surface area (Å²) in [5.41, 5.74) is 2.05. The minimum absolute atomic E-state index is 0.0508. The first-order valence-electron chi connectivity index (χ1n) is 9.64. The van der Waals surface area contributed by atoms with Crippen molar-refractivity contribution in [3.05, 3.63) is 42.5 Å². The average molecular weight is 384 g/mol. The summed E-state index contributed by atoms with van der Waals surface area (Å²) in [6.45, 7) is 6.79. The maximum Gasteiger partial charge on any atom is 0.246 e. The van der Waals surface area contributed by atoms with Crippen molar-refractivity contribution in [1.82, 2.24) is 25.0 Å². The second-order valence-corrected chi connectivity index (χ2v) is 7.40. The van der Waals surface area contributed by atoms with Gasteiger partial charge in [-0.15, -0.1) is 0 Å². The minimum atomic E-state index is 0.0508. The molecule has 3 rings (SSSR count). The molecular weight excluding hydrogens is 354 g/mol. The molecular formula is C20H29N7O. The van der Waals surface area contributed by atoms with Gasteiger partial charge >= 0.3 is 0 Å². The Hall–Kier alpha value is -2.90. The molecule has 1 fully saturated rings. The Kier molecular flexibility index (Phi) is 6.28. The molecule has 1 unspecified atom stereocenters. The first-order chi connectivity index (χ1) is 13.5. The van der Waals surface area contributed by atoms with Crippen molar-refractivity contribution in [3.63, 3.8) is 0 Å². The zero-order chi connectivity index (χ0) is 20.1. The summed E-state index contributed by atoms with van der Waals surface area (Å²) < 4.78 is 1.71. The monoisotopic (exact) mass is 383 g/mol. The zero-order valence-electron chi connectivity index (χ0n) is 17.0. The van der Waals surface area contributed by atoms with E-state index < -0.39 is 0 Å². The molecule has 0 aromatic carbocycles. The Morgan fingerprint density at radius 3 is 2.71 bits per heavy atom. The van der Waals surface area contributed by atoms with Gasteiger partial charge in [0.25, 0.3) is 0 Å². The number of carbonyl (C=O) groups excluding carboxylic acids is 1. The van der Waals surface area contributed by atoms with Crippen LogP contribution in [0.25, 0.3) is 0 Å². The Labute approximate surface area is 166 Å². The molecule has 1 N–H and O–H groups in total. The van der Waals surface area contributed by atoms with E-state index in [2.05, 4.69) is 40.3 Å². The molecule has 150 valence electrons. The number of hydrogen-bond donors (Lipinski definition) is 1. The van der Waals surface area contributed by atoms with Crippen molar-refractivity contribution in [2.24, 2.45) is 18.0 Å². The van der Waals surface area contributed by atoms with E-state index in [-0.39, 0.29) is 5.91 Å². The van der Waals surface area contributed by atoms with E-state index in [0.717, 1.165) is 24.7 Å². The van der Waals surface area contributed by atoms with Crippen LogP contribution >= 0.6 is 0 Å². The van der Waals surface area contributed by atoms with Gasteiger partial charge in [0.2, 0.25) is 5.91 Å². The molecule has 2 aromatic rings. The largest absolute Gasteiger partial charge is 0.356 e. The third-order valence-electron chi connectivity index (χ3n) is 5.13. The van der Waals surface area contributed by atoms with Crippen molar-refractivity contribution >= 4 is 17.6 Å². The predicted octanol–water partition coefficient (Wildman–Crippen LogP) is 1.48. The number of piperazine rings is 1. The molecule has 1 aliphatic heterocycles. The zero-order valence-corrected chi connectivity index (χ0v) is 17.0. The number of hydrogen-bond acceptors (Lipinski definition) is 4. The highest BCUT2D eigenvalue weighted by Crippen LogP contribution is 2.23. The lowest BCUT2D eigenvalue weighted by atomic mass is 9.89. The van der Waals surface area contributed by atoms with Gasteiger partial charge in [-0.2, -0.15) is 5.10 Å². The van der Waals surface area contributed by atoms with Crippen LogP contribution in [-0.4, -0.2) is 64.8 Å².